The van der Waals surface area contributed by atoms with Crippen LogP contribution in [-0.4, -0.2) is 31.2 Å². The van der Waals surface area contributed by atoms with Gasteiger partial charge >= 0.3 is 0 Å². The third-order valence-corrected chi connectivity index (χ3v) is 7.54. The van der Waals surface area contributed by atoms with E-state index in [0.29, 0.717) is 13.0 Å². The minimum Gasteiger partial charge on any atom is -0.326 e. The molecule has 0 spiro atoms. The van der Waals surface area contributed by atoms with E-state index < -0.39 is 10.0 Å². The zero-order valence-electron chi connectivity index (χ0n) is 16.1. The Kier molecular flexibility index (Phi) is 6.58. The zero-order chi connectivity index (χ0) is 20.3. The van der Waals surface area contributed by atoms with E-state index in [9.17, 15) is 13.2 Å². The molecule has 1 saturated heterocycles. The van der Waals surface area contributed by atoms with Gasteiger partial charge in [-0.05, 0) is 62.6 Å². The number of halogens is 1. The molecule has 0 unspecified atom stereocenters. The number of anilines is 1. The van der Waals surface area contributed by atoms with Gasteiger partial charge in [0.15, 0.2) is 0 Å². The summed E-state index contributed by atoms with van der Waals surface area (Å²) >= 11 is 3.41. The fourth-order valence-electron chi connectivity index (χ4n) is 3.52. The predicted molar refractivity (Wildman–Crippen MR) is 115 cm³/mol. The molecule has 1 amide bonds. The average Bonchev–Trinajstić information content (AvgIpc) is 2.65. The summed E-state index contributed by atoms with van der Waals surface area (Å²) < 4.78 is 28.7. The molecule has 1 aliphatic rings. The van der Waals surface area contributed by atoms with E-state index in [0.717, 1.165) is 34.1 Å². The van der Waals surface area contributed by atoms with Crippen molar-refractivity contribution in [3.05, 3.63) is 58.1 Å². The van der Waals surface area contributed by atoms with Crippen LogP contribution in [0.2, 0.25) is 0 Å². The molecule has 0 aliphatic carbocycles. The molecule has 0 saturated carbocycles. The van der Waals surface area contributed by atoms with Crippen LogP contribution in [0.15, 0.2) is 51.8 Å². The van der Waals surface area contributed by atoms with Gasteiger partial charge in [-0.2, -0.15) is 4.31 Å². The summed E-state index contributed by atoms with van der Waals surface area (Å²) in [6.07, 6.45) is 2.59. The van der Waals surface area contributed by atoms with Gasteiger partial charge < -0.3 is 5.32 Å². The average molecular weight is 465 g/mol. The number of nitrogens with zero attached hydrogens (tertiary/aromatic N) is 1. The summed E-state index contributed by atoms with van der Waals surface area (Å²) in [5, 5.41) is 2.92. The van der Waals surface area contributed by atoms with E-state index in [1.165, 1.54) is 4.31 Å². The van der Waals surface area contributed by atoms with Crippen molar-refractivity contribution in [2.45, 2.75) is 50.5 Å². The number of sulfonamides is 1. The van der Waals surface area contributed by atoms with Gasteiger partial charge in [0, 0.05) is 29.2 Å². The fraction of sp³-hybridized carbons (Fsp3) is 0.381. The molecule has 150 valence electrons. The molecule has 28 heavy (non-hydrogen) atoms. The van der Waals surface area contributed by atoms with Crippen molar-refractivity contribution in [2.75, 3.05) is 11.9 Å². The van der Waals surface area contributed by atoms with Crippen LogP contribution in [0, 0.1) is 13.8 Å². The van der Waals surface area contributed by atoms with Crippen molar-refractivity contribution in [3.8, 4) is 0 Å². The van der Waals surface area contributed by atoms with Crippen LogP contribution in [-0.2, 0) is 14.8 Å². The molecule has 1 heterocycles. The number of hydrogen-bond acceptors (Lipinski definition) is 3. The van der Waals surface area contributed by atoms with Gasteiger partial charge in [0.1, 0.15) is 0 Å². The third-order valence-electron chi connectivity index (χ3n) is 5.08. The second-order valence-corrected chi connectivity index (χ2v) is 10.1. The molecule has 5 nitrogen and oxygen atoms in total. The lowest BCUT2D eigenvalue weighted by atomic mass is 10.0. The molecule has 2 aromatic carbocycles. The molecule has 3 rings (SSSR count). The Morgan fingerprint density at radius 2 is 1.86 bits per heavy atom. The summed E-state index contributed by atoms with van der Waals surface area (Å²) in [6, 6.07) is 12.2. The highest BCUT2D eigenvalue weighted by atomic mass is 79.9. The fourth-order valence-corrected chi connectivity index (χ4v) is 5.69. The van der Waals surface area contributed by atoms with Crippen LogP contribution in [0.3, 0.4) is 0 Å². The number of benzene rings is 2. The lowest BCUT2D eigenvalue weighted by Gasteiger charge is -2.34. The second kappa shape index (κ2) is 8.76. The van der Waals surface area contributed by atoms with Gasteiger partial charge in [-0.1, -0.05) is 40.0 Å². The quantitative estimate of drug-likeness (QED) is 0.700. The van der Waals surface area contributed by atoms with Gasteiger partial charge in [0.05, 0.1) is 4.90 Å². The number of piperidine rings is 1. The highest BCUT2D eigenvalue weighted by Crippen LogP contribution is 2.28. The molecule has 1 N–H and O–H groups in total. The first-order valence-corrected chi connectivity index (χ1v) is 11.7. The van der Waals surface area contributed by atoms with Crippen molar-refractivity contribution in [2.24, 2.45) is 0 Å². The summed E-state index contributed by atoms with van der Waals surface area (Å²) in [4.78, 5) is 12.9. The summed E-state index contributed by atoms with van der Waals surface area (Å²) in [5.74, 6) is -0.165. The number of amides is 1. The minimum atomic E-state index is -3.61. The Morgan fingerprint density at radius 1 is 1.14 bits per heavy atom. The van der Waals surface area contributed by atoms with Crippen molar-refractivity contribution in [1.82, 2.24) is 4.31 Å². The van der Waals surface area contributed by atoms with Crippen molar-refractivity contribution in [1.29, 1.82) is 0 Å². The van der Waals surface area contributed by atoms with E-state index in [4.69, 9.17) is 0 Å². The molecule has 1 aliphatic heterocycles. The van der Waals surface area contributed by atoms with E-state index >= 15 is 0 Å². The maximum Gasteiger partial charge on any atom is 0.243 e. The Labute approximate surface area is 175 Å². The summed E-state index contributed by atoms with van der Waals surface area (Å²) in [5.41, 5.74) is 2.71. The van der Waals surface area contributed by atoms with Crippen molar-refractivity contribution in [3.63, 3.8) is 0 Å². The lowest BCUT2D eigenvalue weighted by molar-refractivity contribution is -0.117. The van der Waals surface area contributed by atoms with Crippen LogP contribution in [0.1, 0.15) is 36.8 Å². The van der Waals surface area contributed by atoms with Gasteiger partial charge in [0.2, 0.25) is 15.9 Å². The Morgan fingerprint density at radius 3 is 2.54 bits per heavy atom. The molecule has 0 aromatic heterocycles. The van der Waals surface area contributed by atoms with Gasteiger partial charge in [-0.15, -0.1) is 0 Å². The number of carbonyl (C=O) groups excluding carboxylic acids is 1. The number of carbonyl (C=O) groups is 1. The van der Waals surface area contributed by atoms with Crippen LogP contribution < -0.4 is 5.32 Å². The van der Waals surface area contributed by atoms with Crippen molar-refractivity contribution >= 4 is 37.5 Å². The van der Waals surface area contributed by atoms with E-state index in [1.807, 2.05) is 32.0 Å². The summed E-state index contributed by atoms with van der Waals surface area (Å²) in [6.45, 7) is 4.30. The number of nitrogens with one attached hydrogen (secondary N) is 1. The molecular formula is C21H25BrN2O3S. The first kappa shape index (κ1) is 21.0. The largest absolute Gasteiger partial charge is 0.326 e. The number of rotatable bonds is 5. The van der Waals surface area contributed by atoms with Crippen LogP contribution in [0.4, 0.5) is 5.69 Å². The van der Waals surface area contributed by atoms with Crippen LogP contribution >= 0.6 is 15.9 Å². The molecule has 1 atom stereocenters. The van der Waals surface area contributed by atoms with Gasteiger partial charge in [-0.3, -0.25) is 4.79 Å². The van der Waals surface area contributed by atoms with Gasteiger partial charge in [0.25, 0.3) is 0 Å². The molecule has 0 radical (unpaired) electrons. The monoisotopic (exact) mass is 464 g/mol. The SMILES string of the molecule is Cc1ccc(S(=O)(=O)N2CCCC[C@@H]2CC(=O)Nc2ccc(Br)cc2C)cc1. The van der Waals surface area contributed by atoms with Crippen LogP contribution in [0.25, 0.3) is 0 Å². The second-order valence-electron chi connectivity index (χ2n) is 7.29. The Bertz CT molecular complexity index is 958. The first-order valence-electron chi connectivity index (χ1n) is 9.42. The maximum atomic E-state index is 13.1. The van der Waals surface area contributed by atoms with E-state index in [2.05, 4.69) is 21.2 Å². The van der Waals surface area contributed by atoms with E-state index in [1.54, 1.807) is 24.3 Å². The molecule has 7 heteroatoms. The van der Waals surface area contributed by atoms with E-state index in [-0.39, 0.29) is 23.3 Å². The zero-order valence-corrected chi connectivity index (χ0v) is 18.5. The minimum absolute atomic E-state index is 0.153. The molecule has 1 fully saturated rings. The maximum absolute atomic E-state index is 13.1. The standard InChI is InChI=1S/C21H25BrN2O3S/c1-15-6-9-19(10-7-15)28(26,27)24-12-4-3-5-18(24)14-21(25)23-20-11-8-17(22)13-16(20)2/h6-11,13,18H,3-5,12,14H2,1-2H3,(H,23,25)/t18-/m1/s1. The Hall–Kier alpha value is -1.70. The highest BCUT2D eigenvalue weighted by molar-refractivity contribution is 9.10. The number of aryl methyl sites for hydroxylation is 2. The van der Waals surface area contributed by atoms with Crippen LogP contribution in [0.5, 0.6) is 0 Å². The smallest absolute Gasteiger partial charge is 0.243 e. The van der Waals surface area contributed by atoms with Crippen molar-refractivity contribution < 1.29 is 13.2 Å². The highest BCUT2D eigenvalue weighted by Gasteiger charge is 2.34. The lowest BCUT2D eigenvalue weighted by Crippen LogP contribution is -2.45. The molecular weight excluding hydrogens is 440 g/mol. The summed E-state index contributed by atoms with van der Waals surface area (Å²) in [7, 11) is -3.61. The van der Waals surface area contributed by atoms with Gasteiger partial charge in [-0.25, -0.2) is 8.42 Å². The normalized spacial score (nSPS) is 18.0. The first-order chi connectivity index (χ1) is 13.3. The third kappa shape index (κ3) is 4.82. The number of hydrogen-bond donors (Lipinski definition) is 1. The Balaban J connectivity index is 1.75. The predicted octanol–water partition coefficient (Wildman–Crippen LogP) is 4.64. The molecule has 2 aromatic rings. The topological polar surface area (TPSA) is 66.5 Å². The molecule has 0 bridgehead atoms.